The van der Waals surface area contributed by atoms with Crippen LogP contribution in [0.4, 0.5) is 5.69 Å². The molecular weight excluding hydrogens is 290 g/mol. The van der Waals surface area contributed by atoms with Gasteiger partial charge in [0.25, 0.3) is 10.9 Å². The van der Waals surface area contributed by atoms with Crippen molar-refractivity contribution in [2.45, 2.75) is 10.1 Å². The zero-order valence-corrected chi connectivity index (χ0v) is 11.3. The van der Waals surface area contributed by atoms with E-state index in [1.165, 1.54) is 18.2 Å². The van der Waals surface area contributed by atoms with Gasteiger partial charge in [0.15, 0.2) is 5.58 Å². The summed E-state index contributed by atoms with van der Waals surface area (Å²) in [6, 6.07) is 13.4. The third-order valence-electron chi connectivity index (χ3n) is 2.77. The SMILES string of the molecule is N#Cc1cc([N+](=O)[O-])ccc1Sc1nc2ccccc2o1. The molecule has 2 aromatic carbocycles. The lowest BCUT2D eigenvalue weighted by Crippen LogP contribution is -1.90. The lowest BCUT2D eigenvalue weighted by atomic mass is 10.2. The summed E-state index contributed by atoms with van der Waals surface area (Å²) in [7, 11) is 0. The van der Waals surface area contributed by atoms with Crippen LogP contribution in [0.2, 0.25) is 0 Å². The normalized spacial score (nSPS) is 10.4. The van der Waals surface area contributed by atoms with Crippen molar-refractivity contribution in [2.75, 3.05) is 0 Å². The first-order valence-electron chi connectivity index (χ1n) is 5.89. The Kier molecular flexibility index (Phi) is 3.30. The molecule has 0 bridgehead atoms. The summed E-state index contributed by atoms with van der Waals surface area (Å²) in [6.07, 6.45) is 0. The molecule has 0 aliphatic heterocycles. The molecule has 0 fully saturated rings. The average Bonchev–Trinajstić information content (AvgIpc) is 2.89. The van der Waals surface area contributed by atoms with Gasteiger partial charge in [-0.15, -0.1) is 0 Å². The van der Waals surface area contributed by atoms with Crippen molar-refractivity contribution in [2.24, 2.45) is 0 Å². The number of rotatable bonds is 3. The fourth-order valence-electron chi connectivity index (χ4n) is 1.80. The maximum Gasteiger partial charge on any atom is 0.270 e. The quantitative estimate of drug-likeness (QED) is 0.539. The molecule has 6 nitrogen and oxygen atoms in total. The molecule has 0 aliphatic rings. The predicted octanol–water partition coefficient (Wildman–Crippen LogP) is 3.76. The maximum absolute atomic E-state index is 10.7. The van der Waals surface area contributed by atoms with Crippen molar-refractivity contribution in [1.82, 2.24) is 4.98 Å². The highest BCUT2D eigenvalue weighted by molar-refractivity contribution is 7.99. The molecule has 0 unspecified atom stereocenters. The molecule has 0 aliphatic carbocycles. The number of nitrogens with zero attached hydrogens (tertiary/aromatic N) is 3. The Bertz CT molecular complexity index is 850. The second kappa shape index (κ2) is 5.26. The molecule has 1 heterocycles. The minimum absolute atomic E-state index is 0.117. The summed E-state index contributed by atoms with van der Waals surface area (Å²) < 4.78 is 5.56. The van der Waals surface area contributed by atoms with Gasteiger partial charge < -0.3 is 4.42 Å². The standard InChI is InChI=1S/C14H7N3O3S/c15-8-9-7-10(17(18)19)5-6-13(9)21-14-16-11-3-1-2-4-12(11)20-14/h1-7H. The summed E-state index contributed by atoms with van der Waals surface area (Å²) >= 11 is 1.16. The van der Waals surface area contributed by atoms with Crippen LogP contribution in [0.15, 0.2) is 57.0 Å². The molecule has 0 radical (unpaired) electrons. The van der Waals surface area contributed by atoms with Crippen LogP contribution in [0.3, 0.4) is 0 Å². The van der Waals surface area contributed by atoms with Gasteiger partial charge in [0.1, 0.15) is 11.6 Å². The zero-order chi connectivity index (χ0) is 14.8. The predicted molar refractivity (Wildman–Crippen MR) is 75.9 cm³/mol. The van der Waals surface area contributed by atoms with Crippen molar-refractivity contribution in [3.63, 3.8) is 0 Å². The van der Waals surface area contributed by atoms with Gasteiger partial charge >= 0.3 is 0 Å². The summed E-state index contributed by atoms with van der Waals surface area (Å²) in [4.78, 5) is 15.0. The molecule has 0 atom stereocenters. The van der Waals surface area contributed by atoms with E-state index in [1.54, 1.807) is 6.07 Å². The van der Waals surface area contributed by atoms with Gasteiger partial charge in [0.05, 0.1) is 10.5 Å². The molecule has 7 heteroatoms. The highest BCUT2D eigenvalue weighted by Crippen LogP contribution is 2.33. The van der Waals surface area contributed by atoms with Crippen LogP contribution in [0.25, 0.3) is 11.1 Å². The molecule has 3 aromatic rings. The minimum Gasteiger partial charge on any atom is -0.431 e. The van der Waals surface area contributed by atoms with Crippen molar-refractivity contribution >= 4 is 28.5 Å². The maximum atomic E-state index is 10.7. The summed E-state index contributed by atoms with van der Waals surface area (Å²) in [5.74, 6) is 0. The summed E-state index contributed by atoms with van der Waals surface area (Å²) in [5.41, 5.74) is 1.48. The number of hydrogen-bond acceptors (Lipinski definition) is 6. The third kappa shape index (κ3) is 2.57. The number of oxazole rings is 1. The van der Waals surface area contributed by atoms with E-state index in [0.29, 0.717) is 15.7 Å². The number of non-ortho nitro benzene ring substituents is 1. The van der Waals surface area contributed by atoms with E-state index in [0.717, 1.165) is 17.3 Å². The Balaban J connectivity index is 1.97. The molecule has 0 saturated carbocycles. The molecule has 0 saturated heterocycles. The summed E-state index contributed by atoms with van der Waals surface area (Å²) in [5, 5.41) is 20.2. The third-order valence-corrected chi connectivity index (χ3v) is 3.69. The molecule has 0 spiro atoms. The Hall–Kier alpha value is -2.85. The first kappa shape index (κ1) is 13.1. The Morgan fingerprint density at radius 2 is 2.10 bits per heavy atom. The van der Waals surface area contributed by atoms with Gasteiger partial charge in [-0.1, -0.05) is 12.1 Å². The lowest BCUT2D eigenvalue weighted by Gasteiger charge is -1.99. The van der Waals surface area contributed by atoms with Gasteiger partial charge in [0.2, 0.25) is 0 Å². The fourth-order valence-corrected chi connectivity index (χ4v) is 2.61. The Labute approximate surface area is 123 Å². The first-order valence-corrected chi connectivity index (χ1v) is 6.71. The van der Waals surface area contributed by atoms with E-state index in [4.69, 9.17) is 9.68 Å². The van der Waals surface area contributed by atoms with Gasteiger partial charge in [-0.2, -0.15) is 5.26 Å². The number of nitro benzene ring substituents is 1. The smallest absolute Gasteiger partial charge is 0.270 e. The minimum atomic E-state index is -0.533. The second-order valence-electron chi connectivity index (χ2n) is 4.10. The van der Waals surface area contributed by atoms with E-state index < -0.39 is 4.92 Å². The van der Waals surface area contributed by atoms with Gasteiger partial charge in [-0.3, -0.25) is 10.1 Å². The largest absolute Gasteiger partial charge is 0.431 e. The van der Waals surface area contributed by atoms with Crippen LogP contribution in [0, 0.1) is 21.4 Å². The van der Waals surface area contributed by atoms with Crippen molar-refractivity contribution in [3.05, 3.63) is 58.1 Å². The number of para-hydroxylation sites is 2. The Morgan fingerprint density at radius 1 is 1.29 bits per heavy atom. The van der Waals surface area contributed by atoms with E-state index >= 15 is 0 Å². The van der Waals surface area contributed by atoms with Crippen LogP contribution in [-0.4, -0.2) is 9.91 Å². The number of nitriles is 1. The first-order chi connectivity index (χ1) is 10.2. The van der Waals surface area contributed by atoms with Crippen molar-refractivity contribution in [1.29, 1.82) is 5.26 Å². The topological polar surface area (TPSA) is 93.0 Å². The van der Waals surface area contributed by atoms with Crippen LogP contribution in [0.1, 0.15) is 5.56 Å². The molecule has 21 heavy (non-hydrogen) atoms. The van der Waals surface area contributed by atoms with Gasteiger partial charge in [-0.25, -0.2) is 4.98 Å². The lowest BCUT2D eigenvalue weighted by molar-refractivity contribution is -0.384. The van der Waals surface area contributed by atoms with E-state index in [-0.39, 0.29) is 11.3 Å². The van der Waals surface area contributed by atoms with Crippen LogP contribution in [0.5, 0.6) is 0 Å². The molecule has 1 aromatic heterocycles. The average molecular weight is 297 g/mol. The van der Waals surface area contributed by atoms with Crippen LogP contribution in [-0.2, 0) is 0 Å². The monoisotopic (exact) mass is 297 g/mol. The van der Waals surface area contributed by atoms with Crippen LogP contribution >= 0.6 is 11.8 Å². The highest BCUT2D eigenvalue weighted by atomic mass is 32.2. The number of aromatic nitrogens is 1. The molecular formula is C14H7N3O3S. The molecule has 0 N–H and O–H groups in total. The second-order valence-corrected chi connectivity index (χ2v) is 5.09. The number of benzene rings is 2. The van der Waals surface area contributed by atoms with E-state index in [9.17, 15) is 10.1 Å². The van der Waals surface area contributed by atoms with Crippen LogP contribution < -0.4 is 0 Å². The van der Waals surface area contributed by atoms with Gasteiger partial charge in [0, 0.05) is 17.0 Å². The van der Waals surface area contributed by atoms with E-state index in [1.807, 2.05) is 24.3 Å². The van der Waals surface area contributed by atoms with Gasteiger partial charge in [-0.05, 0) is 30.0 Å². The highest BCUT2D eigenvalue weighted by Gasteiger charge is 2.14. The number of nitro groups is 1. The number of hydrogen-bond donors (Lipinski definition) is 0. The van der Waals surface area contributed by atoms with E-state index in [2.05, 4.69) is 4.98 Å². The molecule has 0 amide bonds. The molecule has 102 valence electrons. The number of fused-ring (bicyclic) bond motifs is 1. The zero-order valence-electron chi connectivity index (χ0n) is 10.5. The summed E-state index contributed by atoms with van der Waals surface area (Å²) in [6.45, 7) is 0. The fraction of sp³-hybridized carbons (Fsp3) is 0. The van der Waals surface area contributed by atoms with Crippen molar-refractivity contribution < 1.29 is 9.34 Å². The Morgan fingerprint density at radius 3 is 2.81 bits per heavy atom. The van der Waals surface area contributed by atoms with Crippen molar-refractivity contribution in [3.8, 4) is 6.07 Å². The molecule has 3 rings (SSSR count).